The molecule has 3 rings (SSSR count). The zero-order valence-electron chi connectivity index (χ0n) is 26.7. The van der Waals surface area contributed by atoms with Crippen molar-refractivity contribution < 1.29 is 38.9 Å². The highest BCUT2D eigenvalue weighted by Gasteiger charge is 2.16. The van der Waals surface area contributed by atoms with Crippen molar-refractivity contribution in [1.29, 1.82) is 0 Å². The molecule has 0 aliphatic heterocycles. The summed E-state index contributed by atoms with van der Waals surface area (Å²) in [6, 6.07) is 15.5. The van der Waals surface area contributed by atoms with Gasteiger partial charge in [0.15, 0.2) is 5.69 Å². The largest absolute Gasteiger partial charge is 0.492 e. The van der Waals surface area contributed by atoms with Crippen LogP contribution in [0, 0.1) is 17.0 Å². The van der Waals surface area contributed by atoms with E-state index < -0.39 is 16.9 Å². The smallest absolute Gasteiger partial charge is 0.330 e. The van der Waals surface area contributed by atoms with Crippen molar-refractivity contribution in [3.8, 4) is 11.5 Å². The summed E-state index contributed by atoms with van der Waals surface area (Å²) >= 11 is 0. The number of benzene rings is 3. The van der Waals surface area contributed by atoms with Crippen LogP contribution in [0.3, 0.4) is 0 Å². The molecule has 0 aliphatic rings. The summed E-state index contributed by atoms with van der Waals surface area (Å²) in [7, 11) is 0. The SMILES string of the molecule is C=CC(=O)OCCN(CCOC(=O)C=C)c1ccc([NH2+]Nc2cc(OCC)c(NNc3ccc([N+](=O)[O-])cc3)cc2OCC)c(C)c1. The van der Waals surface area contributed by atoms with Gasteiger partial charge in [0, 0.05) is 53.7 Å². The van der Waals surface area contributed by atoms with E-state index in [-0.39, 0.29) is 18.9 Å². The third-order valence-corrected chi connectivity index (χ3v) is 6.65. The van der Waals surface area contributed by atoms with Crippen LogP contribution in [0.2, 0.25) is 0 Å². The number of nitrogen functional groups attached to an aromatic ring is 1. The van der Waals surface area contributed by atoms with E-state index in [2.05, 4.69) is 29.4 Å². The number of esters is 2. The maximum atomic E-state index is 11.5. The number of hydrogen-bond acceptors (Lipinski definition) is 12. The van der Waals surface area contributed by atoms with Gasteiger partial charge in [-0.25, -0.2) is 20.4 Å². The number of carbonyl (C=O) groups is 2. The minimum atomic E-state index is -0.515. The van der Waals surface area contributed by atoms with Crippen molar-refractivity contribution in [1.82, 2.24) is 0 Å². The number of nitrogens with one attached hydrogen (secondary N) is 3. The van der Waals surface area contributed by atoms with Crippen molar-refractivity contribution in [2.24, 2.45) is 0 Å². The van der Waals surface area contributed by atoms with Gasteiger partial charge in [-0.15, -0.1) is 0 Å². The van der Waals surface area contributed by atoms with Gasteiger partial charge in [0.05, 0.1) is 42.6 Å². The predicted octanol–water partition coefficient (Wildman–Crippen LogP) is 4.63. The highest BCUT2D eigenvalue weighted by atomic mass is 16.6. The molecule has 0 spiro atoms. The molecule has 14 nitrogen and oxygen atoms in total. The zero-order valence-corrected chi connectivity index (χ0v) is 26.7. The lowest BCUT2D eigenvalue weighted by molar-refractivity contribution is -0.539. The Balaban J connectivity index is 1.76. The van der Waals surface area contributed by atoms with Crippen LogP contribution < -0.4 is 36.1 Å². The summed E-state index contributed by atoms with van der Waals surface area (Å²) in [5.74, 6) is 0.0968. The number of nitrogens with zero attached hydrogens (tertiary/aromatic N) is 2. The Labute approximate surface area is 273 Å². The Kier molecular flexibility index (Phi) is 13.9. The molecule has 0 aromatic heterocycles. The molecule has 14 heteroatoms. The second-order valence-corrected chi connectivity index (χ2v) is 9.82. The van der Waals surface area contributed by atoms with Gasteiger partial charge in [-0.3, -0.25) is 15.5 Å². The molecule has 0 unspecified atom stereocenters. The first kappa shape index (κ1) is 35.7. The van der Waals surface area contributed by atoms with Crippen molar-refractivity contribution in [3.05, 3.63) is 95.6 Å². The lowest BCUT2D eigenvalue weighted by Gasteiger charge is -2.25. The summed E-state index contributed by atoms with van der Waals surface area (Å²) in [5, 5.41) is 11.0. The van der Waals surface area contributed by atoms with Gasteiger partial charge in [-0.05, 0) is 45.0 Å². The molecule has 0 bridgehead atoms. The number of hydrazine groups is 1. The third kappa shape index (κ3) is 11.0. The van der Waals surface area contributed by atoms with Gasteiger partial charge in [-0.1, -0.05) is 13.2 Å². The Morgan fingerprint density at radius 3 is 1.98 bits per heavy atom. The minimum Gasteiger partial charge on any atom is -0.492 e. The van der Waals surface area contributed by atoms with E-state index in [9.17, 15) is 19.7 Å². The second kappa shape index (κ2) is 18.3. The molecule has 250 valence electrons. The van der Waals surface area contributed by atoms with Gasteiger partial charge < -0.3 is 29.3 Å². The fourth-order valence-corrected chi connectivity index (χ4v) is 4.30. The standard InChI is InChI=1S/C33H40N6O8/c1-6-32(40)46-18-16-38(17-19-47-33(41)7-2)26-14-15-27(23(5)20-26)35-37-29-22-30(44-8-3)28(21-31(29)45-9-4)36-34-24-10-12-25(13-11-24)39(42)43/h6-7,10-15,20-22,34-37H,1-2,8-9,16-19H2,3-5H3/p+1. The summed E-state index contributed by atoms with van der Waals surface area (Å²) < 4.78 is 22.1. The highest BCUT2D eigenvalue weighted by Crippen LogP contribution is 2.36. The van der Waals surface area contributed by atoms with Crippen LogP contribution in [-0.4, -0.2) is 56.4 Å². The first-order valence-electron chi connectivity index (χ1n) is 14.9. The predicted molar refractivity (Wildman–Crippen MR) is 180 cm³/mol. The quantitative estimate of drug-likeness (QED) is 0.0335. The van der Waals surface area contributed by atoms with E-state index in [0.717, 1.165) is 29.1 Å². The number of carbonyl (C=O) groups excluding carboxylic acids is 2. The van der Waals surface area contributed by atoms with E-state index in [4.69, 9.17) is 18.9 Å². The van der Waals surface area contributed by atoms with Gasteiger partial charge >= 0.3 is 11.9 Å². The van der Waals surface area contributed by atoms with E-state index in [0.29, 0.717) is 54.9 Å². The Morgan fingerprint density at radius 1 is 0.872 bits per heavy atom. The molecule has 0 saturated carbocycles. The average Bonchev–Trinajstić information content (AvgIpc) is 3.07. The Morgan fingerprint density at radius 2 is 1.45 bits per heavy atom. The number of nitrogens with two attached hydrogens (primary N) is 1. The van der Waals surface area contributed by atoms with Crippen molar-refractivity contribution >= 4 is 46.1 Å². The molecule has 0 aliphatic carbocycles. The molecule has 47 heavy (non-hydrogen) atoms. The molecular weight excluding hydrogens is 608 g/mol. The van der Waals surface area contributed by atoms with Crippen LogP contribution in [0.5, 0.6) is 11.5 Å². The first-order valence-corrected chi connectivity index (χ1v) is 14.9. The molecular formula is C33H41N6O8+. The number of nitro groups is 1. The topological polar surface area (TPSA) is 170 Å². The Hall–Kier alpha value is -5.76. The van der Waals surface area contributed by atoms with Crippen molar-refractivity contribution in [2.45, 2.75) is 20.8 Å². The lowest BCUT2D eigenvalue weighted by atomic mass is 10.1. The molecule has 5 N–H and O–H groups in total. The number of rotatable bonds is 20. The average molecular weight is 650 g/mol. The maximum Gasteiger partial charge on any atom is 0.330 e. The van der Waals surface area contributed by atoms with Crippen LogP contribution in [0.15, 0.2) is 79.9 Å². The van der Waals surface area contributed by atoms with Crippen LogP contribution in [0.1, 0.15) is 19.4 Å². The maximum absolute atomic E-state index is 11.5. The van der Waals surface area contributed by atoms with Crippen LogP contribution in [0.4, 0.5) is 34.1 Å². The molecule has 0 heterocycles. The molecule has 3 aromatic rings. The number of non-ortho nitro benzene ring substituents is 1. The number of nitro benzene ring substituents is 1. The number of anilines is 4. The minimum absolute atomic E-state index is 0.00356. The fourth-order valence-electron chi connectivity index (χ4n) is 4.30. The summed E-state index contributed by atoms with van der Waals surface area (Å²) in [6.07, 6.45) is 2.21. The van der Waals surface area contributed by atoms with Gasteiger partial charge in [0.25, 0.3) is 5.69 Å². The van der Waals surface area contributed by atoms with Crippen molar-refractivity contribution in [2.75, 3.05) is 60.7 Å². The monoisotopic (exact) mass is 649 g/mol. The molecule has 0 saturated heterocycles. The van der Waals surface area contributed by atoms with Gasteiger partial charge in [0.1, 0.15) is 30.4 Å². The van der Waals surface area contributed by atoms with Gasteiger partial charge in [-0.2, -0.15) is 0 Å². The zero-order chi connectivity index (χ0) is 34.2. The first-order chi connectivity index (χ1) is 22.7. The fraction of sp³-hybridized carbons (Fsp3) is 0.273. The summed E-state index contributed by atoms with van der Waals surface area (Å²) in [6.45, 7) is 14.4. The van der Waals surface area contributed by atoms with Crippen LogP contribution >= 0.6 is 0 Å². The van der Waals surface area contributed by atoms with Gasteiger partial charge in [0.2, 0.25) is 0 Å². The molecule has 0 atom stereocenters. The number of hydrogen-bond donors (Lipinski definition) is 4. The van der Waals surface area contributed by atoms with Crippen LogP contribution in [-0.2, 0) is 19.1 Å². The second-order valence-electron chi connectivity index (χ2n) is 9.82. The summed E-state index contributed by atoms with van der Waals surface area (Å²) in [4.78, 5) is 35.5. The summed E-state index contributed by atoms with van der Waals surface area (Å²) in [5.41, 5.74) is 16.0. The van der Waals surface area contributed by atoms with Crippen molar-refractivity contribution in [3.63, 3.8) is 0 Å². The molecule has 0 radical (unpaired) electrons. The van der Waals surface area contributed by atoms with E-state index in [1.807, 2.05) is 55.4 Å². The number of aryl methyl sites for hydroxylation is 1. The lowest BCUT2D eigenvalue weighted by Crippen LogP contribution is -2.83. The highest BCUT2D eigenvalue weighted by molar-refractivity contribution is 5.81. The Bertz CT molecular complexity index is 1520. The normalized spacial score (nSPS) is 10.3. The van der Waals surface area contributed by atoms with E-state index in [1.54, 1.807) is 18.2 Å². The number of quaternary nitrogens is 1. The molecule has 0 fully saturated rings. The van der Waals surface area contributed by atoms with E-state index in [1.165, 1.54) is 12.1 Å². The third-order valence-electron chi connectivity index (χ3n) is 6.65. The van der Waals surface area contributed by atoms with Crippen LogP contribution in [0.25, 0.3) is 0 Å². The molecule has 3 aromatic carbocycles. The number of ether oxygens (including phenoxy) is 4. The molecule has 0 amide bonds. The van der Waals surface area contributed by atoms with E-state index >= 15 is 0 Å².